The second-order valence-corrected chi connectivity index (χ2v) is 8.37. The number of nitrogens with zero attached hydrogens (tertiary/aromatic N) is 1. The van der Waals surface area contributed by atoms with Gasteiger partial charge in [0.05, 0.1) is 12.2 Å². The van der Waals surface area contributed by atoms with Crippen LogP contribution < -0.4 is 5.32 Å². The van der Waals surface area contributed by atoms with E-state index in [1.165, 1.54) is 17.0 Å². The second kappa shape index (κ2) is 7.97. The fourth-order valence-corrected chi connectivity index (χ4v) is 4.13. The molecule has 1 saturated carbocycles. The van der Waals surface area contributed by atoms with Crippen LogP contribution in [-0.4, -0.2) is 41.1 Å². The minimum absolute atomic E-state index is 0.0393. The van der Waals surface area contributed by atoms with Crippen LogP contribution in [0.2, 0.25) is 0 Å². The maximum absolute atomic E-state index is 13.4. The van der Waals surface area contributed by atoms with E-state index < -0.39 is 29.4 Å². The first-order chi connectivity index (χ1) is 13.5. The quantitative estimate of drug-likeness (QED) is 0.817. The third-order valence-electron chi connectivity index (χ3n) is 5.71. The summed E-state index contributed by atoms with van der Waals surface area (Å²) in [5.74, 6) is -0.485. The molecule has 1 N–H and O–H groups in total. The van der Waals surface area contributed by atoms with Gasteiger partial charge in [0.2, 0.25) is 5.91 Å². The Balaban J connectivity index is 1.97. The zero-order chi connectivity index (χ0) is 21.4. The first-order valence-electron chi connectivity index (χ1n) is 9.99. The molecule has 8 heteroatoms. The van der Waals surface area contributed by atoms with E-state index in [0.717, 1.165) is 25.0 Å². The Bertz CT molecular complexity index is 771. The Kier molecular flexibility index (Phi) is 5.94. The topological polar surface area (TPSA) is 58.6 Å². The molecule has 2 fully saturated rings. The highest BCUT2D eigenvalue weighted by Gasteiger charge is 2.53. The lowest BCUT2D eigenvalue weighted by atomic mass is 9.83. The minimum atomic E-state index is -4.55. The molecule has 1 aromatic rings. The van der Waals surface area contributed by atoms with Crippen LogP contribution in [0.3, 0.4) is 0 Å². The van der Waals surface area contributed by atoms with E-state index in [9.17, 15) is 22.8 Å². The molecule has 0 bridgehead atoms. The number of carbonyl (C=O) groups excluding carboxylic acids is 2. The van der Waals surface area contributed by atoms with Gasteiger partial charge in [0.25, 0.3) is 5.91 Å². The number of hydrogen-bond donors (Lipinski definition) is 1. The number of halogens is 3. The molecule has 29 heavy (non-hydrogen) atoms. The van der Waals surface area contributed by atoms with E-state index in [1.807, 2.05) is 13.8 Å². The van der Waals surface area contributed by atoms with Crippen molar-refractivity contribution in [3.8, 4) is 0 Å². The molecule has 1 heterocycles. The molecular weight excluding hydrogens is 385 g/mol. The summed E-state index contributed by atoms with van der Waals surface area (Å²) in [5.41, 5.74) is -1.93. The number of benzene rings is 1. The number of alkyl halides is 3. The molecule has 1 saturated heterocycles. The van der Waals surface area contributed by atoms with Gasteiger partial charge in [-0.1, -0.05) is 13.0 Å². The molecule has 160 valence electrons. The van der Waals surface area contributed by atoms with Crippen LogP contribution in [0.4, 0.5) is 13.2 Å². The van der Waals surface area contributed by atoms with Crippen molar-refractivity contribution in [1.82, 2.24) is 10.2 Å². The normalized spacial score (nSPS) is 27.5. The Hall–Kier alpha value is -2.09. The average molecular weight is 412 g/mol. The molecule has 1 atom stereocenters. The average Bonchev–Trinajstić information content (AvgIpc) is 3.02. The summed E-state index contributed by atoms with van der Waals surface area (Å²) in [6.07, 6.45) is -1.78. The Morgan fingerprint density at radius 1 is 1.24 bits per heavy atom. The minimum Gasteiger partial charge on any atom is -0.353 e. The van der Waals surface area contributed by atoms with Gasteiger partial charge in [-0.25, -0.2) is 0 Å². The van der Waals surface area contributed by atoms with Crippen LogP contribution in [-0.2, 0) is 15.7 Å². The monoisotopic (exact) mass is 412 g/mol. The zero-order valence-corrected chi connectivity index (χ0v) is 16.9. The summed E-state index contributed by atoms with van der Waals surface area (Å²) in [4.78, 5) is 27.5. The van der Waals surface area contributed by atoms with Crippen LogP contribution in [0.25, 0.3) is 0 Å². The first kappa shape index (κ1) is 21.6. The molecule has 1 aliphatic heterocycles. The third kappa shape index (κ3) is 4.42. The Morgan fingerprint density at radius 3 is 2.48 bits per heavy atom. The fourth-order valence-electron chi connectivity index (χ4n) is 4.13. The molecule has 0 aromatic heterocycles. The Labute approximate surface area is 168 Å². The zero-order valence-electron chi connectivity index (χ0n) is 16.9. The summed E-state index contributed by atoms with van der Waals surface area (Å²) in [6.45, 7) is 5.77. The number of nitrogens with one attached hydrogen (secondary N) is 1. The number of ether oxygens (including phenoxy) is 1. The molecule has 1 aromatic carbocycles. The Morgan fingerprint density at radius 2 is 1.90 bits per heavy atom. The van der Waals surface area contributed by atoms with Gasteiger partial charge in [0.15, 0.2) is 0 Å². The highest BCUT2D eigenvalue weighted by molar-refractivity contribution is 5.98. The summed E-state index contributed by atoms with van der Waals surface area (Å²) in [7, 11) is 0. The van der Waals surface area contributed by atoms with Gasteiger partial charge < -0.3 is 10.1 Å². The molecule has 5 nitrogen and oxygen atoms in total. The number of amides is 2. The maximum Gasteiger partial charge on any atom is 0.416 e. The molecule has 1 aliphatic carbocycles. The fraction of sp³-hybridized carbons (Fsp3) is 0.619. The van der Waals surface area contributed by atoms with Gasteiger partial charge in [-0.3, -0.25) is 14.5 Å². The molecule has 1 spiro atoms. The standard InChI is InChI=1S/C21H27F3N2O3/c1-13(2)25-18(27)17-12-29-20(9-7-14(3)8-10-20)26(17)19(28)15-5-4-6-16(11-15)21(22,23)24/h4-6,11,13-14,17H,7-10,12H2,1-3H3,(H,25,27)/t14?,17-,20?/m1/s1. The van der Waals surface area contributed by atoms with Crippen molar-refractivity contribution in [3.05, 3.63) is 35.4 Å². The van der Waals surface area contributed by atoms with Crippen molar-refractivity contribution in [2.24, 2.45) is 5.92 Å². The van der Waals surface area contributed by atoms with Crippen LogP contribution in [0.15, 0.2) is 24.3 Å². The van der Waals surface area contributed by atoms with Crippen molar-refractivity contribution in [3.63, 3.8) is 0 Å². The van der Waals surface area contributed by atoms with E-state index in [1.54, 1.807) is 0 Å². The van der Waals surface area contributed by atoms with E-state index >= 15 is 0 Å². The van der Waals surface area contributed by atoms with Gasteiger partial charge >= 0.3 is 6.18 Å². The number of carbonyl (C=O) groups is 2. The highest BCUT2D eigenvalue weighted by Crippen LogP contribution is 2.43. The van der Waals surface area contributed by atoms with E-state index in [2.05, 4.69) is 12.2 Å². The summed E-state index contributed by atoms with van der Waals surface area (Å²) in [5, 5.41) is 2.79. The van der Waals surface area contributed by atoms with Gasteiger partial charge in [0, 0.05) is 11.6 Å². The summed E-state index contributed by atoms with van der Waals surface area (Å²) in [6, 6.07) is 3.34. The van der Waals surface area contributed by atoms with Gasteiger partial charge in [-0.2, -0.15) is 13.2 Å². The van der Waals surface area contributed by atoms with Crippen molar-refractivity contribution in [2.75, 3.05) is 6.61 Å². The molecular formula is C21H27F3N2O3. The largest absolute Gasteiger partial charge is 0.416 e. The summed E-state index contributed by atoms with van der Waals surface area (Å²) < 4.78 is 45.4. The van der Waals surface area contributed by atoms with Crippen LogP contribution in [0.5, 0.6) is 0 Å². The smallest absolute Gasteiger partial charge is 0.353 e. The molecule has 3 rings (SSSR count). The van der Waals surface area contributed by atoms with Crippen LogP contribution in [0, 0.1) is 5.92 Å². The van der Waals surface area contributed by atoms with Crippen molar-refractivity contribution >= 4 is 11.8 Å². The lowest BCUT2D eigenvalue weighted by molar-refractivity contribution is -0.137. The second-order valence-electron chi connectivity index (χ2n) is 8.37. The third-order valence-corrected chi connectivity index (χ3v) is 5.71. The number of rotatable bonds is 3. The van der Waals surface area contributed by atoms with Crippen LogP contribution >= 0.6 is 0 Å². The maximum atomic E-state index is 13.4. The van der Waals surface area contributed by atoms with Crippen LogP contribution in [0.1, 0.15) is 62.4 Å². The van der Waals surface area contributed by atoms with Gasteiger partial charge in [-0.05, 0) is 63.6 Å². The van der Waals surface area contributed by atoms with Crippen molar-refractivity contribution in [1.29, 1.82) is 0 Å². The molecule has 2 aliphatic rings. The lowest BCUT2D eigenvalue weighted by Gasteiger charge is -2.43. The molecule has 0 radical (unpaired) electrons. The SMILES string of the molecule is CC1CCC2(CC1)OC[C@H](C(=O)NC(C)C)N2C(=O)c1cccc(C(F)(F)F)c1. The van der Waals surface area contributed by atoms with E-state index in [0.29, 0.717) is 18.8 Å². The first-order valence-corrected chi connectivity index (χ1v) is 9.99. The van der Waals surface area contributed by atoms with Crippen molar-refractivity contribution < 1.29 is 27.5 Å². The highest BCUT2D eigenvalue weighted by atomic mass is 19.4. The predicted octanol–water partition coefficient (Wildman–Crippen LogP) is 3.98. The predicted molar refractivity (Wildman–Crippen MR) is 101 cm³/mol. The number of hydrogen-bond acceptors (Lipinski definition) is 3. The van der Waals surface area contributed by atoms with E-state index in [-0.39, 0.29) is 24.1 Å². The lowest BCUT2D eigenvalue weighted by Crippen LogP contribution is -2.57. The molecule has 0 unspecified atom stereocenters. The van der Waals surface area contributed by atoms with Gasteiger partial charge in [-0.15, -0.1) is 0 Å². The van der Waals surface area contributed by atoms with Crippen molar-refractivity contribution in [2.45, 2.75) is 70.4 Å². The molecule has 2 amide bonds. The van der Waals surface area contributed by atoms with Gasteiger partial charge in [0.1, 0.15) is 11.8 Å². The summed E-state index contributed by atoms with van der Waals surface area (Å²) >= 11 is 0. The van der Waals surface area contributed by atoms with E-state index in [4.69, 9.17) is 4.74 Å².